The molecule has 1 fully saturated rings. The Hall–Kier alpha value is -2.05. The predicted octanol–water partition coefficient (Wildman–Crippen LogP) is 4.44. The maximum atomic E-state index is 12.4. The number of anilines is 1. The van der Waals surface area contributed by atoms with Crippen LogP contribution in [0.4, 0.5) is 5.69 Å². The van der Waals surface area contributed by atoms with E-state index in [2.05, 4.69) is 5.32 Å². The molecular weight excluding hydrogens is 433 g/mol. The lowest BCUT2D eigenvalue weighted by Gasteiger charge is -2.33. The van der Waals surface area contributed by atoms with Crippen LogP contribution in [0.3, 0.4) is 0 Å². The summed E-state index contributed by atoms with van der Waals surface area (Å²) in [7, 11) is 0. The van der Waals surface area contributed by atoms with E-state index in [9.17, 15) is 9.59 Å². The van der Waals surface area contributed by atoms with Crippen LogP contribution < -0.4 is 5.32 Å². The molecule has 1 aliphatic heterocycles. The number of para-hydroxylation sites is 1. The average molecular weight is 453 g/mol. The molecule has 0 aliphatic carbocycles. The Balaban J connectivity index is 1.48. The van der Waals surface area contributed by atoms with Gasteiger partial charge in [-0.05, 0) is 42.0 Å². The highest BCUT2D eigenvalue weighted by molar-refractivity contribution is 6.34. The molecule has 0 spiro atoms. The van der Waals surface area contributed by atoms with Gasteiger partial charge in [-0.3, -0.25) is 14.5 Å². The summed E-state index contributed by atoms with van der Waals surface area (Å²) < 4.78 is 0. The third kappa shape index (κ3) is 6.21. The Bertz CT molecular complexity index is 925. The highest BCUT2D eigenvalue weighted by Crippen LogP contribution is 2.22. The first-order valence-electron chi connectivity index (χ1n) is 9.11. The minimum atomic E-state index is -0.131. The molecule has 5 nitrogen and oxygen atoms in total. The van der Waals surface area contributed by atoms with Gasteiger partial charge in [-0.2, -0.15) is 0 Å². The molecule has 8 heteroatoms. The van der Waals surface area contributed by atoms with Gasteiger partial charge in [-0.25, -0.2) is 0 Å². The SMILES string of the molecule is O=C(CN1CCN(C(=O)/C=C/c2cc(Cl)ccc2Cl)CC1)Nc1ccccc1Cl. The van der Waals surface area contributed by atoms with Crippen molar-refractivity contribution in [3.8, 4) is 0 Å². The molecule has 2 aromatic rings. The number of rotatable bonds is 5. The molecule has 0 saturated carbocycles. The number of hydrogen-bond acceptors (Lipinski definition) is 3. The summed E-state index contributed by atoms with van der Waals surface area (Å²) in [5.41, 5.74) is 1.29. The zero-order chi connectivity index (χ0) is 20.8. The normalized spacial score (nSPS) is 14.9. The standard InChI is InChI=1S/C21H20Cl3N3O2/c22-16-6-7-17(23)15(13-16)5-8-21(29)27-11-9-26(10-12-27)14-20(28)25-19-4-2-1-3-18(19)24/h1-8,13H,9-12,14H2,(H,25,28)/b8-5+. The molecule has 1 aliphatic rings. The number of carbonyl (C=O) groups excluding carboxylic acids is 2. The fraction of sp³-hybridized carbons (Fsp3) is 0.238. The lowest BCUT2D eigenvalue weighted by atomic mass is 10.2. The van der Waals surface area contributed by atoms with E-state index >= 15 is 0 Å². The summed E-state index contributed by atoms with van der Waals surface area (Å²) in [6.45, 7) is 2.58. The molecule has 2 aromatic carbocycles. The number of piperazine rings is 1. The number of nitrogens with zero attached hydrogens (tertiary/aromatic N) is 2. The number of nitrogens with one attached hydrogen (secondary N) is 1. The molecule has 1 saturated heterocycles. The number of carbonyl (C=O) groups is 2. The second-order valence-electron chi connectivity index (χ2n) is 6.63. The molecule has 0 bridgehead atoms. The number of halogens is 3. The highest BCUT2D eigenvalue weighted by Gasteiger charge is 2.21. The van der Waals surface area contributed by atoms with Crippen molar-refractivity contribution in [3.05, 3.63) is 69.2 Å². The Labute approximate surface area is 184 Å². The number of benzene rings is 2. The first-order valence-corrected chi connectivity index (χ1v) is 10.2. The molecule has 0 unspecified atom stereocenters. The van der Waals surface area contributed by atoms with Crippen LogP contribution in [0.25, 0.3) is 6.08 Å². The van der Waals surface area contributed by atoms with Crippen molar-refractivity contribution in [3.63, 3.8) is 0 Å². The van der Waals surface area contributed by atoms with E-state index < -0.39 is 0 Å². The predicted molar refractivity (Wildman–Crippen MR) is 119 cm³/mol. The Morgan fingerprint density at radius 2 is 1.69 bits per heavy atom. The quantitative estimate of drug-likeness (QED) is 0.682. The van der Waals surface area contributed by atoms with E-state index in [0.29, 0.717) is 52.5 Å². The molecule has 3 rings (SSSR count). The fourth-order valence-electron chi connectivity index (χ4n) is 2.99. The minimum Gasteiger partial charge on any atom is -0.337 e. The maximum absolute atomic E-state index is 12.4. The van der Waals surface area contributed by atoms with Crippen LogP contribution in [0.2, 0.25) is 15.1 Å². The molecule has 1 heterocycles. The van der Waals surface area contributed by atoms with Crippen molar-refractivity contribution in [2.75, 3.05) is 38.0 Å². The van der Waals surface area contributed by atoms with Crippen LogP contribution in [0.15, 0.2) is 48.5 Å². The van der Waals surface area contributed by atoms with E-state index in [1.807, 2.05) is 17.0 Å². The van der Waals surface area contributed by atoms with Crippen molar-refractivity contribution in [1.82, 2.24) is 9.80 Å². The van der Waals surface area contributed by atoms with E-state index in [1.54, 1.807) is 41.3 Å². The molecule has 2 amide bonds. The molecule has 152 valence electrons. The second-order valence-corrected chi connectivity index (χ2v) is 7.88. The van der Waals surface area contributed by atoms with Crippen LogP contribution in [0.5, 0.6) is 0 Å². The monoisotopic (exact) mass is 451 g/mol. The molecule has 0 aromatic heterocycles. The van der Waals surface area contributed by atoms with Crippen molar-refractivity contribution >= 4 is 58.4 Å². The average Bonchev–Trinajstić information content (AvgIpc) is 2.70. The Morgan fingerprint density at radius 3 is 2.41 bits per heavy atom. The Morgan fingerprint density at radius 1 is 0.966 bits per heavy atom. The molecular formula is C21H20Cl3N3O2. The van der Waals surface area contributed by atoms with Gasteiger partial charge in [0.1, 0.15) is 0 Å². The van der Waals surface area contributed by atoms with Crippen molar-refractivity contribution < 1.29 is 9.59 Å². The van der Waals surface area contributed by atoms with Crippen LogP contribution in [-0.2, 0) is 9.59 Å². The van der Waals surface area contributed by atoms with Crippen molar-refractivity contribution in [2.45, 2.75) is 0 Å². The third-order valence-electron chi connectivity index (χ3n) is 4.56. The lowest BCUT2D eigenvalue weighted by molar-refractivity contribution is -0.127. The van der Waals surface area contributed by atoms with E-state index in [0.717, 1.165) is 0 Å². The lowest BCUT2D eigenvalue weighted by Crippen LogP contribution is -2.50. The second kappa shape index (κ2) is 10.1. The summed E-state index contributed by atoms with van der Waals surface area (Å²) in [6.07, 6.45) is 3.16. The largest absolute Gasteiger partial charge is 0.337 e. The maximum Gasteiger partial charge on any atom is 0.246 e. The highest BCUT2D eigenvalue weighted by atomic mass is 35.5. The smallest absolute Gasteiger partial charge is 0.246 e. The van der Waals surface area contributed by atoms with E-state index in [1.165, 1.54) is 6.08 Å². The first-order chi connectivity index (χ1) is 13.9. The summed E-state index contributed by atoms with van der Waals surface area (Å²) in [5.74, 6) is -0.227. The topological polar surface area (TPSA) is 52.7 Å². The van der Waals surface area contributed by atoms with Crippen molar-refractivity contribution in [2.24, 2.45) is 0 Å². The number of amides is 2. The summed E-state index contributed by atoms with van der Waals surface area (Å²) in [4.78, 5) is 28.4. The summed E-state index contributed by atoms with van der Waals surface area (Å²) >= 11 is 18.1. The van der Waals surface area contributed by atoms with Gasteiger partial charge in [0.05, 0.1) is 17.3 Å². The fourth-order valence-corrected chi connectivity index (χ4v) is 3.53. The van der Waals surface area contributed by atoms with Crippen LogP contribution in [-0.4, -0.2) is 54.3 Å². The van der Waals surface area contributed by atoms with Gasteiger partial charge in [0.2, 0.25) is 11.8 Å². The molecule has 1 N–H and O–H groups in total. The zero-order valence-corrected chi connectivity index (χ0v) is 17.8. The van der Waals surface area contributed by atoms with Gasteiger partial charge in [0.15, 0.2) is 0 Å². The van der Waals surface area contributed by atoms with Gasteiger partial charge < -0.3 is 10.2 Å². The third-order valence-corrected chi connectivity index (χ3v) is 5.47. The van der Waals surface area contributed by atoms with Gasteiger partial charge in [0.25, 0.3) is 0 Å². The Kier molecular flexibility index (Phi) is 7.56. The molecule has 29 heavy (non-hydrogen) atoms. The minimum absolute atomic E-state index is 0.0961. The van der Waals surface area contributed by atoms with Crippen LogP contribution in [0, 0.1) is 0 Å². The number of hydrogen-bond donors (Lipinski definition) is 1. The summed E-state index contributed by atoms with van der Waals surface area (Å²) in [6, 6.07) is 12.2. The van der Waals surface area contributed by atoms with E-state index in [-0.39, 0.29) is 18.4 Å². The van der Waals surface area contributed by atoms with Gasteiger partial charge in [0, 0.05) is 42.3 Å². The van der Waals surface area contributed by atoms with Crippen LogP contribution in [0.1, 0.15) is 5.56 Å². The van der Waals surface area contributed by atoms with Crippen LogP contribution >= 0.6 is 34.8 Å². The first kappa shape index (κ1) is 21.7. The zero-order valence-electron chi connectivity index (χ0n) is 15.6. The van der Waals surface area contributed by atoms with E-state index in [4.69, 9.17) is 34.8 Å². The molecule has 0 radical (unpaired) electrons. The van der Waals surface area contributed by atoms with Gasteiger partial charge in [-0.1, -0.05) is 46.9 Å². The summed E-state index contributed by atoms with van der Waals surface area (Å²) in [5, 5.41) is 4.41. The van der Waals surface area contributed by atoms with Crippen molar-refractivity contribution in [1.29, 1.82) is 0 Å². The van der Waals surface area contributed by atoms with Gasteiger partial charge in [-0.15, -0.1) is 0 Å². The molecule has 0 atom stereocenters. The van der Waals surface area contributed by atoms with Gasteiger partial charge >= 0.3 is 0 Å².